The van der Waals surface area contributed by atoms with Crippen molar-refractivity contribution in [2.75, 3.05) is 13.7 Å². The Morgan fingerprint density at radius 1 is 1.27 bits per heavy atom. The number of hydrogen-bond donors (Lipinski definition) is 1. The van der Waals surface area contributed by atoms with Gasteiger partial charge >= 0.3 is 0 Å². The van der Waals surface area contributed by atoms with Crippen molar-refractivity contribution in [1.82, 2.24) is 4.98 Å². The van der Waals surface area contributed by atoms with Gasteiger partial charge in [0.05, 0.1) is 29.2 Å². The summed E-state index contributed by atoms with van der Waals surface area (Å²) in [5.74, 6) is 1.66. The fourth-order valence-corrected chi connectivity index (χ4v) is 4.05. The molecule has 3 nitrogen and oxygen atoms in total. The molecule has 0 bridgehead atoms. The molecule has 0 aliphatic heterocycles. The van der Waals surface area contributed by atoms with Gasteiger partial charge in [-0.1, -0.05) is 12.1 Å². The molecule has 0 fully saturated rings. The predicted octanol–water partition coefficient (Wildman–Crippen LogP) is 4.27. The van der Waals surface area contributed by atoms with Gasteiger partial charge in [-0.15, -0.1) is 23.1 Å². The van der Waals surface area contributed by atoms with Gasteiger partial charge in [0.25, 0.3) is 0 Å². The number of pyridine rings is 1. The average Bonchev–Trinajstić information content (AvgIpc) is 3.03. The van der Waals surface area contributed by atoms with Crippen LogP contribution in [-0.2, 0) is 5.75 Å². The summed E-state index contributed by atoms with van der Waals surface area (Å²) in [6.07, 6.45) is 1.92. The minimum absolute atomic E-state index is 0.0601. The van der Waals surface area contributed by atoms with Gasteiger partial charge in [-0.05, 0) is 40.8 Å². The van der Waals surface area contributed by atoms with Crippen LogP contribution in [0.15, 0.2) is 48.0 Å². The van der Waals surface area contributed by atoms with E-state index in [1.165, 1.54) is 10.3 Å². The third-order valence-electron chi connectivity index (χ3n) is 3.46. The van der Waals surface area contributed by atoms with Gasteiger partial charge in [-0.25, -0.2) is 0 Å². The summed E-state index contributed by atoms with van der Waals surface area (Å²) in [6, 6.07) is 12.1. The Labute approximate surface area is 138 Å². The number of thiophene rings is 1. The van der Waals surface area contributed by atoms with Crippen molar-refractivity contribution in [3.8, 4) is 5.75 Å². The summed E-state index contributed by atoms with van der Waals surface area (Å²) in [6.45, 7) is 0.117. The third kappa shape index (κ3) is 3.43. The number of nitrogens with zero attached hydrogens (tertiary/aromatic N) is 1. The Morgan fingerprint density at radius 2 is 2.09 bits per heavy atom. The van der Waals surface area contributed by atoms with Crippen molar-refractivity contribution < 1.29 is 9.84 Å². The normalized spacial score (nSPS) is 12.5. The second kappa shape index (κ2) is 7.13. The quantitative estimate of drug-likeness (QED) is 0.732. The van der Waals surface area contributed by atoms with E-state index in [1.807, 2.05) is 36.5 Å². The number of ether oxygens (including phenoxy) is 1. The van der Waals surface area contributed by atoms with Crippen LogP contribution < -0.4 is 4.74 Å². The van der Waals surface area contributed by atoms with Gasteiger partial charge < -0.3 is 9.84 Å². The zero-order chi connectivity index (χ0) is 15.4. The molecule has 0 radical (unpaired) electrons. The Balaban J connectivity index is 1.69. The van der Waals surface area contributed by atoms with E-state index in [0.29, 0.717) is 0 Å². The lowest BCUT2D eigenvalue weighted by Gasteiger charge is -2.14. The van der Waals surface area contributed by atoms with Crippen LogP contribution in [0.3, 0.4) is 0 Å². The molecule has 2 aromatic heterocycles. The largest absolute Gasteiger partial charge is 0.497 e. The average molecular weight is 331 g/mol. The van der Waals surface area contributed by atoms with Crippen molar-refractivity contribution in [3.63, 3.8) is 0 Å². The first-order chi connectivity index (χ1) is 10.8. The number of aliphatic hydroxyl groups is 1. The summed E-state index contributed by atoms with van der Waals surface area (Å²) >= 11 is 3.43. The molecular weight excluding hydrogens is 314 g/mol. The highest BCUT2D eigenvalue weighted by Crippen LogP contribution is 2.32. The summed E-state index contributed by atoms with van der Waals surface area (Å²) in [7, 11) is 1.65. The smallest absolute Gasteiger partial charge is 0.118 e. The highest BCUT2D eigenvalue weighted by Gasteiger charge is 2.12. The first-order valence-corrected chi connectivity index (χ1v) is 8.91. The summed E-state index contributed by atoms with van der Waals surface area (Å²) in [4.78, 5) is 4.46. The van der Waals surface area contributed by atoms with Gasteiger partial charge in [0.2, 0.25) is 0 Å². The molecule has 1 unspecified atom stereocenters. The van der Waals surface area contributed by atoms with Gasteiger partial charge in [-0.3, -0.25) is 4.98 Å². The van der Waals surface area contributed by atoms with E-state index in [4.69, 9.17) is 4.74 Å². The molecule has 0 saturated heterocycles. The van der Waals surface area contributed by atoms with Crippen molar-refractivity contribution in [2.45, 2.75) is 11.0 Å². The molecule has 22 heavy (non-hydrogen) atoms. The van der Waals surface area contributed by atoms with E-state index in [1.54, 1.807) is 30.2 Å². The predicted molar refractivity (Wildman–Crippen MR) is 93.7 cm³/mol. The van der Waals surface area contributed by atoms with E-state index in [2.05, 4.69) is 16.4 Å². The van der Waals surface area contributed by atoms with Crippen LogP contribution in [0.2, 0.25) is 0 Å². The third-order valence-corrected chi connectivity index (χ3v) is 5.64. The van der Waals surface area contributed by atoms with E-state index in [0.717, 1.165) is 22.6 Å². The number of benzene rings is 1. The molecule has 0 spiro atoms. The Morgan fingerprint density at radius 3 is 2.82 bits per heavy atom. The van der Waals surface area contributed by atoms with Crippen LogP contribution in [0.5, 0.6) is 5.75 Å². The molecule has 5 heteroatoms. The summed E-state index contributed by atoms with van der Waals surface area (Å²) in [5, 5.41) is 11.8. The Kier molecular flexibility index (Phi) is 4.97. The summed E-state index contributed by atoms with van der Waals surface area (Å²) in [5.41, 5.74) is 3.35. The first kappa shape index (κ1) is 15.3. The van der Waals surface area contributed by atoms with Crippen LogP contribution in [0.25, 0.3) is 10.2 Å². The van der Waals surface area contributed by atoms with Crippen LogP contribution >= 0.6 is 23.1 Å². The van der Waals surface area contributed by atoms with E-state index < -0.39 is 0 Å². The number of rotatable bonds is 6. The minimum Gasteiger partial charge on any atom is -0.497 e. The van der Waals surface area contributed by atoms with Gasteiger partial charge in [-0.2, -0.15) is 0 Å². The van der Waals surface area contributed by atoms with Crippen molar-refractivity contribution in [1.29, 1.82) is 0 Å². The molecule has 1 atom stereocenters. The Bertz CT molecular complexity index is 740. The lowest BCUT2D eigenvalue weighted by Crippen LogP contribution is -2.00. The number of fused-ring (bicyclic) bond motifs is 1. The first-order valence-electron chi connectivity index (χ1n) is 6.98. The lowest BCUT2D eigenvalue weighted by molar-refractivity contribution is 0.296. The minimum atomic E-state index is 0.0601. The van der Waals surface area contributed by atoms with Crippen molar-refractivity contribution in [2.24, 2.45) is 0 Å². The van der Waals surface area contributed by atoms with Crippen LogP contribution in [-0.4, -0.2) is 23.8 Å². The fraction of sp³-hybridized carbons (Fsp3) is 0.235. The second-order valence-corrected chi connectivity index (χ2v) is 7.04. The molecular formula is C17H17NO2S2. The maximum Gasteiger partial charge on any atom is 0.118 e. The second-order valence-electron chi connectivity index (χ2n) is 4.90. The lowest BCUT2D eigenvalue weighted by atomic mass is 10.1. The molecule has 2 heterocycles. The van der Waals surface area contributed by atoms with Gasteiger partial charge in [0.1, 0.15) is 5.75 Å². The molecule has 1 aromatic carbocycles. The standard InChI is InChI=1S/C17H17NO2S2/c1-20-14-4-2-13(3-5-14)17(10-19)22-11-12-8-16-15(18-9-12)6-7-21-16/h2-9,17,19H,10-11H2,1H3. The highest BCUT2D eigenvalue weighted by molar-refractivity contribution is 7.98. The molecule has 0 aliphatic rings. The number of thioether (sulfide) groups is 1. The maximum absolute atomic E-state index is 9.66. The zero-order valence-corrected chi connectivity index (χ0v) is 13.9. The summed E-state index contributed by atoms with van der Waals surface area (Å²) < 4.78 is 6.38. The highest BCUT2D eigenvalue weighted by atomic mass is 32.2. The zero-order valence-electron chi connectivity index (χ0n) is 12.2. The molecule has 0 saturated carbocycles. The van der Waals surface area contributed by atoms with Crippen molar-refractivity contribution in [3.05, 3.63) is 59.1 Å². The SMILES string of the molecule is COc1ccc(C(CO)SCc2cnc3ccsc3c2)cc1. The number of aromatic nitrogens is 1. The molecule has 1 N–H and O–H groups in total. The number of aliphatic hydroxyl groups excluding tert-OH is 1. The van der Waals surface area contributed by atoms with Crippen LogP contribution in [0, 0.1) is 0 Å². The van der Waals surface area contributed by atoms with E-state index >= 15 is 0 Å². The molecule has 114 valence electrons. The molecule has 0 amide bonds. The monoisotopic (exact) mass is 331 g/mol. The molecule has 3 aromatic rings. The molecule has 3 rings (SSSR count). The Hall–Kier alpha value is -1.56. The molecule has 0 aliphatic carbocycles. The number of methoxy groups -OCH3 is 1. The number of hydrogen-bond acceptors (Lipinski definition) is 5. The van der Waals surface area contributed by atoms with E-state index in [-0.39, 0.29) is 11.9 Å². The van der Waals surface area contributed by atoms with Gasteiger partial charge in [0.15, 0.2) is 0 Å². The van der Waals surface area contributed by atoms with E-state index in [9.17, 15) is 5.11 Å². The van der Waals surface area contributed by atoms with Crippen LogP contribution in [0.4, 0.5) is 0 Å². The maximum atomic E-state index is 9.66. The topological polar surface area (TPSA) is 42.4 Å². The fourth-order valence-electron chi connectivity index (χ4n) is 2.24. The van der Waals surface area contributed by atoms with Crippen LogP contribution in [0.1, 0.15) is 16.4 Å². The van der Waals surface area contributed by atoms with Crippen molar-refractivity contribution >= 4 is 33.3 Å². The van der Waals surface area contributed by atoms with Gasteiger partial charge in [0, 0.05) is 11.9 Å².